The van der Waals surface area contributed by atoms with Crippen LogP contribution in [-0.4, -0.2) is 10.2 Å². The van der Waals surface area contributed by atoms with Crippen LogP contribution in [0, 0.1) is 0 Å². The summed E-state index contributed by atoms with van der Waals surface area (Å²) in [6.07, 6.45) is 1.80. The molecule has 1 aromatic carbocycles. The van der Waals surface area contributed by atoms with Crippen LogP contribution in [0.4, 0.5) is 0 Å². The average molecular weight is 212 g/mol. The maximum atomic E-state index is 4.21. The zero-order valence-electron chi connectivity index (χ0n) is 7.92. The van der Waals surface area contributed by atoms with E-state index in [0.717, 1.165) is 16.6 Å². The Morgan fingerprint density at radius 1 is 1.00 bits per heavy atom. The quantitative estimate of drug-likeness (QED) is 0.618. The van der Waals surface area contributed by atoms with Crippen molar-refractivity contribution in [2.75, 3.05) is 0 Å². The molecule has 3 aromatic rings. The number of aromatic nitrogens is 2. The number of thiophene rings is 1. The van der Waals surface area contributed by atoms with Gasteiger partial charge in [-0.1, -0.05) is 30.3 Å². The molecule has 0 fully saturated rings. The van der Waals surface area contributed by atoms with Crippen LogP contribution in [0.2, 0.25) is 0 Å². The van der Waals surface area contributed by atoms with Gasteiger partial charge in [-0.05, 0) is 11.4 Å². The number of fused-ring (bicyclic) bond motifs is 1. The predicted octanol–water partition coefficient (Wildman–Crippen LogP) is 3.36. The number of hydrogen-bond acceptors (Lipinski definition) is 3. The highest BCUT2D eigenvalue weighted by molar-refractivity contribution is 7.17. The van der Waals surface area contributed by atoms with Crippen LogP contribution in [0.15, 0.2) is 48.0 Å². The third-order valence-corrected chi connectivity index (χ3v) is 3.25. The lowest BCUT2D eigenvalue weighted by Crippen LogP contribution is -1.86. The lowest BCUT2D eigenvalue weighted by molar-refractivity contribution is 1.06. The Labute approximate surface area is 91.2 Å². The number of benzene rings is 1. The van der Waals surface area contributed by atoms with E-state index in [1.165, 1.54) is 4.70 Å². The van der Waals surface area contributed by atoms with Crippen molar-refractivity contribution in [3.63, 3.8) is 0 Å². The Balaban J connectivity index is 2.31. The molecule has 0 aliphatic rings. The van der Waals surface area contributed by atoms with Crippen molar-refractivity contribution in [2.45, 2.75) is 0 Å². The van der Waals surface area contributed by atoms with Gasteiger partial charge < -0.3 is 0 Å². The third-order valence-electron chi connectivity index (χ3n) is 2.31. The van der Waals surface area contributed by atoms with Crippen LogP contribution >= 0.6 is 11.3 Å². The zero-order valence-corrected chi connectivity index (χ0v) is 8.74. The molecule has 0 bridgehead atoms. The van der Waals surface area contributed by atoms with E-state index >= 15 is 0 Å². The average Bonchev–Trinajstić information content (AvgIpc) is 2.78. The van der Waals surface area contributed by atoms with E-state index in [0.29, 0.717) is 0 Å². The van der Waals surface area contributed by atoms with Gasteiger partial charge in [0.25, 0.3) is 0 Å². The molecule has 0 radical (unpaired) electrons. The lowest BCUT2D eigenvalue weighted by Gasteiger charge is -1.99. The highest BCUT2D eigenvalue weighted by atomic mass is 32.1. The van der Waals surface area contributed by atoms with Gasteiger partial charge in [-0.15, -0.1) is 16.4 Å². The fourth-order valence-electron chi connectivity index (χ4n) is 1.59. The number of hydrogen-bond donors (Lipinski definition) is 0. The molecule has 0 spiro atoms. The normalized spacial score (nSPS) is 10.7. The zero-order chi connectivity index (χ0) is 10.1. The number of nitrogens with zero attached hydrogens (tertiary/aromatic N) is 2. The monoisotopic (exact) mass is 212 g/mol. The third kappa shape index (κ3) is 1.41. The van der Waals surface area contributed by atoms with Crippen LogP contribution in [0.5, 0.6) is 0 Å². The summed E-state index contributed by atoms with van der Waals surface area (Å²) in [7, 11) is 0. The minimum atomic E-state index is 0.975. The van der Waals surface area contributed by atoms with Crippen LogP contribution in [0.25, 0.3) is 21.3 Å². The van der Waals surface area contributed by atoms with Crippen LogP contribution in [0.3, 0.4) is 0 Å². The second-order valence-electron chi connectivity index (χ2n) is 3.26. The van der Waals surface area contributed by atoms with E-state index in [-0.39, 0.29) is 0 Å². The summed E-state index contributed by atoms with van der Waals surface area (Å²) in [6.45, 7) is 0. The van der Waals surface area contributed by atoms with E-state index in [9.17, 15) is 0 Å². The Bertz CT molecular complexity index is 587. The number of rotatable bonds is 1. The van der Waals surface area contributed by atoms with E-state index in [1.807, 2.05) is 18.2 Å². The maximum absolute atomic E-state index is 4.21. The maximum Gasteiger partial charge on any atom is 0.111 e. The second-order valence-corrected chi connectivity index (χ2v) is 4.18. The minimum absolute atomic E-state index is 0.975. The van der Waals surface area contributed by atoms with Gasteiger partial charge >= 0.3 is 0 Å². The molecule has 0 saturated carbocycles. The molecule has 0 aliphatic carbocycles. The fourth-order valence-corrected chi connectivity index (χ4v) is 2.47. The van der Waals surface area contributed by atoms with Crippen LogP contribution in [0.1, 0.15) is 0 Å². The largest absolute Gasteiger partial charge is 0.158 e. The first-order chi connectivity index (χ1) is 7.45. The second kappa shape index (κ2) is 3.44. The summed E-state index contributed by atoms with van der Waals surface area (Å²) >= 11 is 1.71. The van der Waals surface area contributed by atoms with Crippen molar-refractivity contribution in [2.24, 2.45) is 0 Å². The molecule has 15 heavy (non-hydrogen) atoms. The topological polar surface area (TPSA) is 25.8 Å². The molecule has 3 heteroatoms. The molecule has 0 amide bonds. The standard InChI is InChI=1S/C12H8N2S/c1-2-4-9(5-3-1)11-12-10(6-7-15-12)8-13-14-11/h1-8H. The highest BCUT2D eigenvalue weighted by Gasteiger charge is 2.06. The predicted molar refractivity (Wildman–Crippen MR) is 62.9 cm³/mol. The Morgan fingerprint density at radius 2 is 1.87 bits per heavy atom. The Morgan fingerprint density at radius 3 is 2.73 bits per heavy atom. The van der Waals surface area contributed by atoms with Gasteiger partial charge in [0.05, 0.1) is 10.9 Å². The molecule has 0 N–H and O–H groups in total. The van der Waals surface area contributed by atoms with Crippen molar-refractivity contribution < 1.29 is 0 Å². The summed E-state index contributed by atoms with van der Waals surface area (Å²) in [6, 6.07) is 12.2. The van der Waals surface area contributed by atoms with Crippen molar-refractivity contribution in [3.05, 3.63) is 48.0 Å². The molecule has 72 valence electrons. The van der Waals surface area contributed by atoms with Gasteiger partial charge in [0.1, 0.15) is 5.69 Å². The van der Waals surface area contributed by atoms with Crippen LogP contribution in [-0.2, 0) is 0 Å². The van der Waals surface area contributed by atoms with E-state index in [1.54, 1.807) is 17.5 Å². The summed E-state index contributed by atoms with van der Waals surface area (Å²) in [4.78, 5) is 0. The minimum Gasteiger partial charge on any atom is -0.158 e. The van der Waals surface area contributed by atoms with E-state index in [4.69, 9.17) is 0 Å². The van der Waals surface area contributed by atoms with E-state index < -0.39 is 0 Å². The first-order valence-corrected chi connectivity index (χ1v) is 5.57. The van der Waals surface area contributed by atoms with Crippen molar-refractivity contribution in [3.8, 4) is 11.3 Å². The van der Waals surface area contributed by atoms with Crippen LogP contribution < -0.4 is 0 Å². The molecule has 0 atom stereocenters. The SMILES string of the molecule is c1ccc(-c2nncc3ccsc23)cc1. The highest BCUT2D eigenvalue weighted by Crippen LogP contribution is 2.29. The molecule has 0 saturated heterocycles. The summed E-state index contributed by atoms with van der Waals surface area (Å²) < 4.78 is 1.20. The molecule has 2 heterocycles. The van der Waals surface area contributed by atoms with Gasteiger partial charge in [0.2, 0.25) is 0 Å². The molecule has 0 aliphatic heterocycles. The molecular weight excluding hydrogens is 204 g/mol. The van der Waals surface area contributed by atoms with E-state index in [2.05, 4.69) is 33.8 Å². The van der Waals surface area contributed by atoms with Gasteiger partial charge in [-0.3, -0.25) is 0 Å². The first kappa shape index (κ1) is 8.56. The molecule has 0 unspecified atom stereocenters. The Hall–Kier alpha value is -1.74. The van der Waals surface area contributed by atoms with Crippen molar-refractivity contribution >= 4 is 21.4 Å². The summed E-state index contributed by atoms with van der Waals surface area (Å²) in [5, 5.41) is 11.5. The Kier molecular flexibility index (Phi) is 1.96. The summed E-state index contributed by atoms with van der Waals surface area (Å²) in [5.74, 6) is 0. The van der Waals surface area contributed by atoms with Gasteiger partial charge in [0, 0.05) is 10.9 Å². The molecule has 2 aromatic heterocycles. The molecule has 3 rings (SSSR count). The van der Waals surface area contributed by atoms with Gasteiger partial charge in [0.15, 0.2) is 0 Å². The summed E-state index contributed by atoms with van der Waals surface area (Å²) in [5.41, 5.74) is 2.10. The fraction of sp³-hybridized carbons (Fsp3) is 0. The van der Waals surface area contributed by atoms with Gasteiger partial charge in [-0.25, -0.2) is 0 Å². The van der Waals surface area contributed by atoms with Crippen molar-refractivity contribution in [1.29, 1.82) is 0 Å². The first-order valence-electron chi connectivity index (χ1n) is 4.69. The van der Waals surface area contributed by atoms with Gasteiger partial charge in [-0.2, -0.15) is 5.10 Å². The van der Waals surface area contributed by atoms with Crippen molar-refractivity contribution in [1.82, 2.24) is 10.2 Å². The molecular formula is C12H8N2S. The smallest absolute Gasteiger partial charge is 0.111 e. The lowest BCUT2D eigenvalue weighted by atomic mass is 10.1. The molecule has 2 nitrogen and oxygen atoms in total.